The fourth-order valence-corrected chi connectivity index (χ4v) is 3.82. The fourth-order valence-electron chi connectivity index (χ4n) is 3.82. The van der Waals surface area contributed by atoms with Crippen LogP contribution in [-0.2, 0) is 9.53 Å². The Hall–Kier alpha value is -3.43. The summed E-state index contributed by atoms with van der Waals surface area (Å²) in [6.45, 7) is 2.04. The molecule has 3 heteroatoms. The van der Waals surface area contributed by atoms with Crippen LogP contribution in [0, 0.1) is 6.92 Å². The van der Waals surface area contributed by atoms with E-state index in [1.165, 1.54) is 0 Å². The number of carbonyl (C=O) groups is 1. The molecule has 0 radical (unpaired) electrons. The van der Waals surface area contributed by atoms with Gasteiger partial charge in [0.2, 0.25) is 0 Å². The maximum absolute atomic E-state index is 13.4. The Morgan fingerprint density at radius 1 is 0.833 bits per heavy atom. The molecule has 0 bridgehead atoms. The third-order valence-electron chi connectivity index (χ3n) is 5.41. The molecule has 3 nitrogen and oxygen atoms in total. The van der Waals surface area contributed by atoms with Crippen molar-refractivity contribution >= 4 is 17.7 Å². The van der Waals surface area contributed by atoms with Gasteiger partial charge in [-0.2, -0.15) is 0 Å². The van der Waals surface area contributed by atoms with E-state index in [4.69, 9.17) is 4.74 Å². The van der Waals surface area contributed by atoms with E-state index in [0.717, 1.165) is 28.0 Å². The van der Waals surface area contributed by atoms with Crippen LogP contribution in [-0.4, -0.2) is 19.1 Å². The Kier molecular flexibility index (Phi) is 5.92. The number of carbonyl (C=O) groups excluding carboxylic acids is 1. The molecule has 0 fully saturated rings. The summed E-state index contributed by atoms with van der Waals surface area (Å²) in [7, 11) is 1.61. The van der Waals surface area contributed by atoms with Gasteiger partial charge in [0.1, 0.15) is 6.10 Å². The Labute approximate surface area is 177 Å². The first kappa shape index (κ1) is 19.9. The lowest BCUT2D eigenvalue weighted by atomic mass is 9.83. The standard InChI is InChI=1S/C27H25NO2/c1-20-13-17-24(18-14-20)28-19-23(16-15-21-9-5-3-6-10-21)25(26(30-2)27(28)29)22-11-7-4-8-12-22/h3-19,25-26H,1-2H3/b16-15+/t25-,26+/m0/s1. The summed E-state index contributed by atoms with van der Waals surface area (Å²) in [4.78, 5) is 15.1. The molecule has 1 aliphatic rings. The maximum Gasteiger partial charge on any atom is 0.261 e. The second-order valence-corrected chi connectivity index (χ2v) is 7.46. The van der Waals surface area contributed by atoms with E-state index >= 15 is 0 Å². The van der Waals surface area contributed by atoms with Crippen molar-refractivity contribution < 1.29 is 9.53 Å². The van der Waals surface area contributed by atoms with Gasteiger partial charge in [0.25, 0.3) is 5.91 Å². The van der Waals surface area contributed by atoms with Crippen molar-refractivity contribution in [3.8, 4) is 0 Å². The van der Waals surface area contributed by atoms with Gasteiger partial charge in [-0.15, -0.1) is 0 Å². The molecule has 30 heavy (non-hydrogen) atoms. The molecule has 0 N–H and O–H groups in total. The van der Waals surface area contributed by atoms with Crippen LogP contribution in [0.2, 0.25) is 0 Å². The van der Waals surface area contributed by atoms with Crippen molar-refractivity contribution in [3.05, 3.63) is 119 Å². The maximum atomic E-state index is 13.4. The number of anilines is 1. The average Bonchev–Trinajstić information content (AvgIpc) is 2.80. The Balaban J connectivity index is 1.81. The number of hydrogen-bond donors (Lipinski definition) is 0. The zero-order valence-electron chi connectivity index (χ0n) is 17.2. The van der Waals surface area contributed by atoms with Gasteiger partial charge in [-0.1, -0.05) is 90.5 Å². The molecule has 0 saturated heterocycles. The van der Waals surface area contributed by atoms with Crippen molar-refractivity contribution in [2.75, 3.05) is 12.0 Å². The lowest BCUT2D eigenvalue weighted by Crippen LogP contribution is -2.45. The van der Waals surface area contributed by atoms with E-state index in [2.05, 4.69) is 36.4 Å². The third-order valence-corrected chi connectivity index (χ3v) is 5.41. The van der Waals surface area contributed by atoms with Gasteiger partial charge >= 0.3 is 0 Å². The summed E-state index contributed by atoms with van der Waals surface area (Å²) < 4.78 is 5.76. The van der Waals surface area contributed by atoms with Crippen LogP contribution in [0.1, 0.15) is 22.6 Å². The predicted molar refractivity (Wildman–Crippen MR) is 122 cm³/mol. The number of allylic oxidation sites excluding steroid dienone is 1. The van der Waals surface area contributed by atoms with Crippen LogP contribution in [0.3, 0.4) is 0 Å². The SMILES string of the molecule is CO[C@H]1C(=O)N(c2ccc(C)cc2)C=C(/C=C/c2ccccc2)[C@@H]1c1ccccc1. The minimum atomic E-state index is -0.603. The van der Waals surface area contributed by atoms with Crippen LogP contribution < -0.4 is 4.90 Å². The Morgan fingerprint density at radius 2 is 1.47 bits per heavy atom. The zero-order valence-corrected chi connectivity index (χ0v) is 17.2. The van der Waals surface area contributed by atoms with Crippen LogP contribution in [0.15, 0.2) is 103 Å². The zero-order chi connectivity index (χ0) is 20.9. The summed E-state index contributed by atoms with van der Waals surface area (Å²) >= 11 is 0. The molecule has 1 aliphatic heterocycles. The Bertz CT molecular complexity index is 1050. The highest BCUT2D eigenvalue weighted by Gasteiger charge is 2.38. The van der Waals surface area contributed by atoms with Crippen LogP contribution in [0.5, 0.6) is 0 Å². The van der Waals surface area contributed by atoms with Gasteiger partial charge in [-0.3, -0.25) is 9.69 Å². The van der Waals surface area contributed by atoms with E-state index in [9.17, 15) is 4.79 Å². The molecule has 3 aromatic carbocycles. The van der Waals surface area contributed by atoms with Gasteiger partial charge < -0.3 is 4.74 Å². The van der Waals surface area contributed by atoms with Gasteiger partial charge in [-0.05, 0) is 35.8 Å². The first-order valence-electron chi connectivity index (χ1n) is 10.1. The summed E-state index contributed by atoms with van der Waals surface area (Å²) in [5.41, 5.74) is 5.19. The summed E-state index contributed by atoms with van der Waals surface area (Å²) in [6, 6.07) is 28.2. The predicted octanol–water partition coefficient (Wildman–Crippen LogP) is 5.74. The van der Waals surface area contributed by atoms with Crippen molar-refractivity contribution in [1.29, 1.82) is 0 Å². The van der Waals surface area contributed by atoms with Crippen molar-refractivity contribution in [3.63, 3.8) is 0 Å². The second kappa shape index (κ2) is 8.93. The van der Waals surface area contributed by atoms with Gasteiger partial charge in [0, 0.05) is 24.9 Å². The summed E-state index contributed by atoms with van der Waals surface area (Å²) in [5.74, 6) is -0.238. The minimum absolute atomic E-state index is 0.0629. The molecule has 0 saturated carbocycles. The lowest BCUT2D eigenvalue weighted by Gasteiger charge is -2.36. The Morgan fingerprint density at radius 3 is 2.10 bits per heavy atom. The first-order valence-corrected chi connectivity index (χ1v) is 10.1. The fraction of sp³-hybridized carbons (Fsp3) is 0.148. The molecule has 0 aliphatic carbocycles. The topological polar surface area (TPSA) is 29.5 Å². The highest BCUT2D eigenvalue weighted by atomic mass is 16.5. The van der Waals surface area contributed by atoms with Crippen molar-refractivity contribution in [2.24, 2.45) is 0 Å². The number of ether oxygens (including phenoxy) is 1. The van der Waals surface area contributed by atoms with Crippen LogP contribution >= 0.6 is 0 Å². The first-order chi connectivity index (χ1) is 14.7. The third kappa shape index (κ3) is 4.12. The van der Waals surface area contributed by atoms with E-state index < -0.39 is 6.10 Å². The largest absolute Gasteiger partial charge is 0.371 e. The molecule has 0 spiro atoms. The highest BCUT2D eigenvalue weighted by molar-refractivity contribution is 6.01. The number of benzene rings is 3. The molecule has 150 valence electrons. The lowest BCUT2D eigenvalue weighted by molar-refractivity contribution is -0.129. The number of hydrogen-bond acceptors (Lipinski definition) is 2. The molecule has 1 heterocycles. The minimum Gasteiger partial charge on any atom is -0.371 e. The van der Waals surface area contributed by atoms with Gasteiger partial charge in [-0.25, -0.2) is 0 Å². The van der Waals surface area contributed by atoms with Crippen LogP contribution in [0.4, 0.5) is 5.69 Å². The number of nitrogens with zero attached hydrogens (tertiary/aromatic N) is 1. The van der Waals surface area contributed by atoms with Gasteiger partial charge in [0.15, 0.2) is 0 Å². The average molecular weight is 396 g/mol. The smallest absolute Gasteiger partial charge is 0.261 e. The van der Waals surface area contributed by atoms with Crippen molar-refractivity contribution in [1.82, 2.24) is 0 Å². The summed E-state index contributed by atoms with van der Waals surface area (Å²) in [5, 5.41) is 0. The molecule has 0 unspecified atom stereocenters. The second-order valence-electron chi connectivity index (χ2n) is 7.46. The normalized spacial score (nSPS) is 19.2. The quantitative estimate of drug-likeness (QED) is 0.551. The monoisotopic (exact) mass is 395 g/mol. The number of methoxy groups -OCH3 is 1. The molecule has 0 aromatic heterocycles. The van der Waals surface area contributed by atoms with E-state index in [1.54, 1.807) is 12.0 Å². The van der Waals surface area contributed by atoms with E-state index in [-0.39, 0.29) is 11.8 Å². The number of amides is 1. The molecule has 3 aromatic rings. The molecule has 4 rings (SSSR count). The molecule has 1 amide bonds. The van der Waals surface area contributed by atoms with Crippen molar-refractivity contribution in [2.45, 2.75) is 18.9 Å². The molecular weight excluding hydrogens is 370 g/mol. The van der Waals surface area contributed by atoms with Gasteiger partial charge in [0.05, 0.1) is 0 Å². The number of aryl methyl sites for hydroxylation is 1. The number of rotatable bonds is 5. The van der Waals surface area contributed by atoms with E-state index in [1.807, 2.05) is 73.8 Å². The highest BCUT2D eigenvalue weighted by Crippen LogP contribution is 2.37. The van der Waals surface area contributed by atoms with Crippen LogP contribution in [0.25, 0.3) is 6.08 Å². The summed E-state index contributed by atoms with van der Waals surface area (Å²) in [6.07, 6.45) is 5.51. The molecule has 2 atom stereocenters. The van der Waals surface area contributed by atoms with E-state index in [0.29, 0.717) is 0 Å². The molecular formula is C27H25NO2.